The van der Waals surface area contributed by atoms with Gasteiger partial charge in [-0.2, -0.15) is 5.10 Å². The highest BCUT2D eigenvalue weighted by Gasteiger charge is 2.17. The van der Waals surface area contributed by atoms with Crippen LogP contribution in [0, 0.1) is 5.82 Å². The molecule has 4 aromatic rings. The second-order valence-electron chi connectivity index (χ2n) is 6.59. The number of para-hydroxylation sites is 1. The minimum atomic E-state index is -0.406. The van der Waals surface area contributed by atoms with Gasteiger partial charge in [-0.3, -0.25) is 9.36 Å². The van der Waals surface area contributed by atoms with E-state index in [-0.39, 0.29) is 11.7 Å². The van der Waals surface area contributed by atoms with E-state index >= 15 is 0 Å². The number of thioether (sulfide) groups is 1. The molecule has 0 radical (unpaired) electrons. The van der Waals surface area contributed by atoms with Gasteiger partial charge in [0.2, 0.25) is 0 Å². The van der Waals surface area contributed by atoms with E-state index in [2.05, 4.69) is 36.7 Å². The minimum Gasteiger partial charge on any atom is -0.272 e. The Morgan fingerprint density at radius 1 is 1.03 bits per heavy atom. The van der Waals surface area contributed by atoms with E-state index in [0.29, 0.717) is 16.5 Å². The highest BCUT2D eigenvalue weighted by Crippen LogP contribution is 2.28. The third-order valence-corrected chi connectivity index (χ3v) is 5.84. The zero-order chi connectivity index (χ0) is 22.3. The van der Waals surface area contributed by atoms with Gasteiger partial charge in [0.1, 0.15) is 5.82 Å². The van der Waals surface area contributed by atoms with E-state index in [9.17, 15) is 9.18 Å². The molecule has 0 saturated carbocycles. The SMILES string of the molecule is O=C(CSc1nnc(-c2ccc(Br)cc2)n1-c1ccccc1)N/N=C/c1ccccc1F. The summed E-state index contributed by atoms with van der Waals surface area (Å²) in [4.78, 5) is 12.3. The maximum atomic E-state index is 13.6. The van der Waals surface area contributed by atoms with Crippen LogP contribution in [-0.4, -0.2) is 32.6 Å². The number of hydrogen-bond donors (Lipinski definition) is 1. The molecule has 32 heavy (non-hydrogen) atoms. The van der Waals surface area contributed by atoms with Crippen LogP contribution in [0.4, 0.5) is 4.39 Å². The van der Waals surface area contributed by atoms with Gasteiger partial charge in [0.05, 0.1) is 12.0 Å². The Bertz CT molecular complexity index is 1240. The third kappa shape index (κ3) is 5.30. The van der Waals surface area contributed by atoms with Crippen LogP contribution in [0.1, 0.15) is 5.56 Å². The first-order chi connectivity index (χ1) is 15.6. The lowest BCUT2D eigenvalue weighted by molar-refractivity contribution is -0.118. The average Bonchev–Trinajstić information content (AvgIpc) is 3.24. The van der Waals surface area contributed by atoms with Crippen molar-refractivity contribution >= 4 is 39.8 Å². The average molecular weight is 510 g/mol. The lowest BCUT2D eigenvalue weighted by atomic mass is 10.2. The number of amides is 1. The molecule has 0 atom stereocenters. The molecule has 9 heteroatoms. The molecule has 3 aromatic carbocycles. The Kier molecular flexibility index (Phi) is 7.08. The molecule has 160 valence electrons. The van der Waals surface area contributed by atoms with Crippen molar-refractivity contribution in [1.29, 1.82) is 0 Å². The van der Waals surface area contributed by atoms with Crippen LogP contribution >= 0.6 is 27.7 Å². The van der Waals surface area contributed by atoms with Crippen molar-refractivity contribution in [3.63, 3.8) is 0 Å². The van der Waals surface area contributed by atoms with Gasteiger partial charge in [-0.15, -0.1) is 10.2 Å². The molecule has 0 bridgehead atoms. The van der Waals surface area contributed by atoms with Crippen molar-refractivity contribution in [1.82, 2.24) is 20.2 Å². The predicted octanol–water partition coefficient (Wildman–Crippen LogP) is 5.08. The van der Waals surface area contributed by atoms with Gasteiger partial charge in [0.15, 0.2) is 11.0 Å². The zero-order valence-electron chi connectivity index (χ0n) is 16.7. The van der Waals surface area contributed by atoms with Crippen LogP contribution in [0.5, 0.6) is 0 Å². The highest BCUT2D eigenvalue weighted by atomic mass is 79.9. The lowest BCUT2D eigenvalue weighted by Gasteiger charge is -2.10. The van der Waals surface area contributed by atoms with Crippen LogP contribution < -0.4 is 5.43 Å². The molecule has 6 nitrogen and oxygen atoms in total. The molecule has 0 aliphatic carbocycles. The monoisotopic (exact) mass is 509 g/mol. The fraction of sp³-hybridized carbons (Fsp3) is 0.0435. The first-order valence-corrected chi connectivity index (χ1v) is 11.4. The zero-order valence-corrected chi connectivity index (χ0v) is 19.1. The van der Waals surface area contributed by atoms with Crippen molar-refractivity contribution in [3.05, 3.63) is 94.7 Å². The molecule has 1 aromatic heterocycles. The van der Waals surface area contributed by atoms with Crippen LogP contribution in [0.25, 0.3) is 17.1 Å². The number of rotatable bonds is 7. The maximum absolute atomic E-state index is 13.6. The molecular weight excluding hydrogens is 493 g/mol. The molecular formula is C23H17BrFN5OS. The van der Waals surface area contributed by atoms with Gasteiger partial charge >= 0.3 is 0 Å². The Morgan fingerprint density at radius 3 is 2.50 bits per heavy atom. The Hall–Kier alpha value is -3.30. The number of nitrogens with zero attached hydrogens (tertiary/aromatic N) is 4. The summed E-state index contributed by atoms with van der Waals surface area (Å²) in [6, 6.07) is 23.7. The normalized spacial score (nSPS) is 11.1. The fourth-order valence-electron chi connectivity index (χ4n) is 2.88. The number of hydrogen-bond acceptors (Lipinski definition) is 5. The largest absolute Gasteiger partial charge is 0.272 e. The molecule has 0 aliphatic rings. The van der Waals surface area contributed by atoms with Crippen molar-refractivity contribution in [2.45, 2.75) is 5.16 Å². The predicted molar refractivity (Wildman–Crippen MR) is 127 cm³/mol. The summed E-state index contributed by atoms with van der Waals surface area (Å²) in [6.45, 7) is 0. The van der Waals surface area contributed by atoms with Gasteiger partial charge < -0.3 is 0 Å². The Morgan fingerprint density at radius 2 is 1.75 bits per heavy atom. The summed E-state index contributed by atoms with van der Waals surface area (Å²) in [5.74, 6) is -0.00390. The molecule has 1 N–H and O–H groups in total. The van der Waals surface area contributed by atoms with Crippen molar-refractivity contribution in [3.8, 4) is 17.1 Å². The fourth-order valence-corrected chi connectivity index (χ4v) is 3.88. The molecule has 0 aliphatic heterocycles. The summed E-state index contributed by atoms with van der Waals surface area (Å²) in [5, 5.41) is 13.1. The van der Waals surface area contributed by atoms with Crippen molar-refractivity contribution in [2.75, 3.05) is 5.75 Å². The van der Waals surface area contributed by atoms with E-state index in [1.165, 1.54) is 24.0 Å². The lowest BCUT2D eigenvalue weighted by Crippen LogP contribution is -2.20. The number of halogens is 2. The van der Waals surface area contributed by atoms with Gasteiger partial charge in [-0.25, -0.2) is 9.82 Å². The van der Waals surface area contributed by atoms with Crippen LogP contribution in [0.2, 0.25) is 0 Å². The van der Waals surface area contributed by atoms with E-state index < -0.39 is 5.82 Å². The summed E-state index contributed by atoms with van der Waals surface area (Å²) < 4.78 is 16.5. The van der Waals surface area contributed by atoms with Crippen LogP contribution in [0.3, 0.4) is 0 Å². The summed E-state index contributed by atoms with van der Waals surface area (Å²) in [7, 11) is 0. The molecule has 4 rings (SSSR count). The second kappa shape index (κ2) is 10.3. The van der Waals surface area contributed by atoms with E-state index in [4.69, 9.17) is 0 Å². The summed E-state index contributed by atoms with van der Waals surface area (Å²) in [6.07, 6.45) is 1.27. The van der Waals surface area contributed by atoms with Gasteiger partial charge in [-0.1, -0.05) is 76.2 Å². The molecule has 0 saturated heterocycles. The third-order valence-electron chi connectivity index (χ3n) is 4.38. The Labute approximate surface area is 196 Å². The topological polar surface area (TPSA) is 72.2 Å². The number of carbonyl (C=O) groups excluding carboxylic acids is 1. The molecule has 0 fully saturated rings. The van der Waals surface area contributed by atoms with Gasteiger partial charge in [-0.05, 0) is 30.3 Å². The second-order valence-corrected chi connectivity index (χ2v) is 8.45. The quantitative estimate of drug-likeness (QED) is 0.214. The molecule has 0 spiro atoms. The van der Waals surface area contributed by atoms with E-state index in [1.807, 2.05) is 59.2 Å². The minimum absolute atomic E-state index is 0.0694. The van der Waals surface area contributed by atoms with Gasteiger partial charge in [0.25, 0.3) is 5.91 Å². The van der Waals surface area contributed by atoms with Crippen LogP contribution in [0.15, 0.2) is 93.6 Å². The number of carbonyl (C=O) groups is 1. The highest BCUT2D eigenvalue weighted by molar-refractivity contribution is 9.10. The standard InChI is InChI=1S/C23H17BrFN5OS/c24-18-12-10-16(11-13-18)22-28-29-23(30(22)19-7-2-1-3-8-19)32-15-21(31)27-26-14-17-6-4-5-9-20(17)25/h1-14H,15H2,(H,27,31)/b26-14+. The van der Waals surface area contributed by atoms with E-state index in [1.54, 1.807) is 18.2 Å². The number of aromatic nitrogens is 3. The Balaban J connectivity index is 1.50. The first-order valence-electron chi connectivity index (χ1n) is 9.58. The maximum Gasteiger partial charge on any atom is 0.250 e. The summed E-state index contributed by atoms with van der Waals surface area (Å²) in [5.41, 5.74) is 4.49. The number of nitrogens with one attached hydrogen (secondary N) is 1. The first kappa shape index (κ1) is 21.9. The number of hydrazone groups is 1. The molecule has 1 heterocycles. The smallest absolute Gasteiger partial charge is 0.250 e. The van der Waals surface area contributed by atoms with Gasteiger partial charge in [0, 0.05) is 21.3 Å². The summed E-state index contributed by atoms with van der Waals surface area (Å²) >= 11 is 4.68. The van der Waals surface area contributed by atoms with E-state index in [0.717, 1.165) is 15.7 Å². The van der Waals surface area contributed by atoms with Crippen molar-refractivity contribution < 1.29 is 9.18 Å². The van der Waals surface area contributed by atoms with Crippen LogP contribution in [-0.2, 0) is 4.79 Å². The number of benzene rings is 3. The molecule has 0 unspecified atom stereocenters. The van der Waals surface area contributed by atoms with Crippen molar-refractivity contribution in [2.24, 2.45) is 5.10 Å². The molecule has 1 amide bonds.